The molecular formula is C20H14ClN5O4S. The van der Waals surface area contributed by atoms with Crippen molar-refractivity contribution in [2.24, 2.45) is 5.10 Å². The molecule has 2 heterocycles. The fraction of sp³-hybridized carbons (Fsp3) is 0.0500. The number of H-pyrrole nitrogens is 1. The molecule has 0 unspecified atom stereocenters. The number of hydrazone groups is 1. The predicted octanol–water partition coefficient (Wildman–Crippen LogP) is 4.63. The summed E-state index contributed by atoms with van der Waals surface area (Å²) in [4.78, 5) is 30.2. The third-order valence-electron chi connectivity index (χ3n) is 4.14. The molecule has 1 amide bonds. The highest BCUT2D eigenvalue weighted by molar-refractivity contribution is 7.99. The molecule has 0 bridgehead atoms. The fourth-order valence-electron chi connectivity index (χ4n) is 2.76. The Kier molecular flexibility index (Phi) is 6.01. The summed E-state index contributed by atoms with van der Waals surface area (Å²) in [7, 11) is 0. The van der Waals surface area contributed by atoms with Crippen molar-refractivity contribution in [1.82, 2.24) is 15.4 Å². The van der Waals surface area contributed by atoms with Crippen LogP contribution in [-0.4, -0.2) is 32.8 Å². The van der Waals surface area contributed by atoms with Crippen LogP contribution in [0.3, 0.4) is 0 Å². The minimum Gasteiger partial charge on any atom is -0.455 e. The number of amides is 1. The summed E-state index contributed by atoms with van der Waals surface area (Å²) in [5, 5.41) is 16.0. The van der Waals surface area contributed by atoms with Crippen LogP contribution in [0.15, 0.2) is 69.3 Å². The lowest BCUT2D eigenvalue weighted by Crippen LogP contribution is -2.19. The Morgan fingerprint density at radius 1 is 1.29 bits per heavy atom. The number of nitrogens with zero attached hydrogens (tertiary/aromatic N) is 3. The summed E-state index contributed by atoms with van der Waals surface area (Å²) >= 11 is 7.09. The molecule has 11 heteroatoms. The van der Waals surface area contributed by atoms with Crippen molar-refractivity contribution in [3.63, 3.8) is 0 Å². The Bertz CT molecular complexity index is 1270. The van der Waals surface area contributed by atoms with E-state index in [4.69, 9.17) is 16.0 Å². The molecule has 156 valence electrons. The number of nitrogens with one attached hydrogen (secondary N) is 2. The normalized spacial score (nSPS) is 11.3. The van der Waals surface area contributed by atoms with E-state index in [1.165, 1.54) is 30.1 Å². The Balaban J connectivity index is 1.35. The van der Waals surface area contributed by atoms with Crippen molar-refractivity contribution in [2.75, 3.05) is 5.75 Å². The van der Waals surface area contributed by atoms with Crippen LogP contribution in [0.4, 0.5) is 5.69 Å². The number of para-hydroxylation sites is 2. The highest BCUT2D eigenvalue weighted by Gasteiger charge is 2.18. The maximum absolute atomic E-state index is 12.0. The van der Waals surface area contributed by atoms with Crippen LogP contribution in [0.25, 0.3) is 22.4 Å². The van der Waals surface area contributed by atoms with Crippen LogP contribution in [-0.2, 0) is 4.79 Å². The molecule has 0 saturated carbocycles. The Labute approximate surface area is 184 Å². The summed E-state index contributed by atoms with van der Waals surface area (Å²) in [5.74, 6) is 0.417. The number of benzene rings is 2. The number of rotatable bonds is 7. The molecule has 0 spiro atoms. The van der Waals surface area contributed by atoms with E-state index >= 15 is 0 Å². The van der Waals surface area contributed by atoms with Gasteiger partial charge in [0.05, 0.1) is 33.5 Å². The molecule has 2 aromatic carbocycles. The van der Waals surface area contributed by atoms with Gasteiger partial charge in [-0.3, -0.25) is 14.9 Å². The lowest BCUT2D eigenvalue weighted by Gasteiger charge is -2.00. The lowest BCUT2D eigenvalue weighted by molar-refractivity contribution is -0.384. The van der Waals surface area contributed by atoms with Crippen LogP contribution < -0.4 is 5.43 Å². The Morgan fingerprint density at radius 3 is 2.94 bits per heavy atom. The molecule has 2 N–H and O–H groups in total. The van der Waals surface area contributed by atoms with Crippen LogP contribution in [0.1, 0.15) is 5.76 Å². The summed E-state index contributed by atoms with van der Waals surface area (Å²) < 4.78 is 5.58. The zero-order valence-electron chi connectivity index (χ0n) is 15.7. The van der Waals surface area contributed by atoms with Gasteiger partial charge in [0.1, 0.15) is 11.5 Å². The van der Waals surface area contributed by atoms with Gasteiger partial charge in [-0.25, -0.2) is 10.4 Å². The van der Waals surface area contributed by atoms with Crippen molar-refractivity contribution in [3.8, 4) is 11.3 Å². The summed E-state index contributed by atoms with van der Waals surface area (Å²) in [6, 6.07) is 15.1. The first-order valence-electron chi connectivity index (χ1n) is 8.93. The smallest absolute Gasteiger partial charge is 0.281 e. The molecule has 0 atom stereocenters. The average Bonchev–Trinajstić information content (AvgIpc) is 3.39. The van der Waals surface area contributed by atoms with Crippen LogP contribution in [0.5, 0.6) is 0 Å². The molecule has 0 saturated heterocycles. The van der Waals surface area contributed by atoms with E-state index in [2.05, 4.69) is 20.5 Å². The third kappa shape index (κ3) is 4.93. The zero-order valence-corrected chi connectivity index (χ0v) is 17.3. The molecule has 0 aliphatic heterocycles. The van der Waals surface area contributed by atoms with Crippen LogP contribution in [0.2, 0.25) is 5.02 Å². The number of halogens is 1. The molecular weight excluding hydrogens is 442 g/mol. The maximum atomic E-state index is 12.0. The van der Waals surface area contributed by atoms with E-state index in [-0.39, 0.29) is 28.1 Å². The molecule has 0 fully saturated rings. The molecule has 31 heavy (non-hydrogen) atoms. The molecule has 4 aromatic rings. The van der Waals surface area contributed by atoms with E-state index in [0.717, 1.165) is 11.0 Å². The van der Waals surface area contributed by atoms with Gasteiger partial charge in [0.2, 0.25) is 0 Å². The maximum Gasteiger partial charge on any atom is 0.281 e. The summed E-state index contributed by atoms with van der Waals surface area (Å²) in [5.41, 5.74) is 4.26. The van der Waals surface area contributed by atoms with E-state index in [1.807, 2.05) is 24.3 Å². The van der Waals surface area contributed by atoms with Crippen molar-refractivity contribution >= 4 is 52.2 Å². The molecule has 0 aliphatic rings. The van der Waals surface area contributed by atoms with Gasteiger partial charge >= 0.3 is 0 Å². The van der Waals surface area contributed by atoms with Gasteiger partial charge in [0, 0.05) is 11.1 Å². The second kappa shape index (κ2) is 9.02. The number of carbonyl (C=O) groups is 1. The highest BCUT2D eigenvalue weighted by atomic mass is 35.5. The van der Waals surface area contributed by atoms with Gasteiger partial charge in [-0.15, -0.1) is 0 Å². The minimum atomic E-state index is -0.530. The van der Waals surface area contributed by atoms with E-state index in [1.54, 1.807) is 18.2 Å². The SMILES string of the molecule is O=C(CSc1nc2ccccc2[nH]1)N/N=C\c1ccc(-c2ccc(Cl)cc2[N+](=O)[O-])o1. The monoisotopic (exact) mass is 455 g/mol. The van der Waals surface area contributed by atoms with E-state index in [0.29, 0.717) is 16.5 Å². The number of thioether (sulfide) groups is 1. The minimum absolute atomic E-state index is 0.123. The van der Waals surface area contributed by atoms with Crippen molar-refractivity contribution in [3.05, 3.63) is 75.5 Å². The van der Waals surface area contributed by atoms with Crippen molar-refractivity contribution < 1.29 is 14.1 Å². The number of nitro groups is 1. The number of carbonyl (C=O) groups excluding carboxylic acids is 1. The second-order valence-electron chi connectivity index (χ2n) is 6.26. The number of imidazole rings is 1. The Morgan fingerprint density at radius 2 is 2.13 bits per heavy atom. The zero-order chi connectivity index (χ0) is 21.8. The quantitative estimate of drug-likeness (QED) is 0.181. The number of fused-ring (bicyclic) bond motifs is 1. The van der Waals surface area contributed by atoms with E-state index < -0.39 is 4.92 Å². The van der Waals surface area contributed by atoms with Gasteiger partial charge in [0.25, 0.3) is 11.6 Å². The Hall–Kier alpha value is -3.63. The van der Waals surface area contributed by atoms with Gasteiger partial charge in [0.15, 0.2) is 5.16 Å². The molecule has 0 aliphatic carbocycles. The number of hydrogen-bond acceptors (Lipinski definition) is 7. The molecule has 2 aromatic heterocycles. The lowest BCUT2D eigenvalue weighted by atomic mass is 10.1. The third-order valence-corrected chi connectivity index (χ3v) is 5.25. The molecule has 0 radical (unpaired) electrons. The summed E-state index contributed by atoms with van der Waals surface area (Å²) in [6.07, 6.45) is 1.31. The number of aromatic nitrogens is 2. The number of hydrogen-bond donors (Lipinski definition) is 2. The topological polar surface area (TPSA) is 126 Å². The van der Waals surface area contributed by atoms with E-state index in [9.17, 15) is 14.9 Å². The van der Waals surface area contributed by atoms with Crippen molar-refractivity contribution in [2.45, 2.75) is 5.16 Å². The largest absolute Gasteiger partial charge is 0.455 e. The van der Waals surface area contributed by atoms with Gasteiger partial charge in [-0.05, 0) is 36.4 Å². The first kappa shape index (κ1) is 20.6. The number of furan rings is 1. The molecule has 4 rings (SSSR count). The van der Waals surface area contributed by atoms with Gasteiger partial charge in [-0.1, -0.05) is 35.5 Å². The first-order chi connectivity index (χ1) is 15.0. The van der Waals surface area contributed by atoms with Gasteiger partial charge in [-0.2, -0.15) is 5.10 Å². The standard InChI is InChI=1S/C20H14ClN5O4S/c21-12-5-7-14(17(9-12)26(28)29)18-8-6-13(30-18)10-22-25-19(27)11-31-20-23-15-3-1-2-4-16(15)24-20/h1-10H,11H2,(H,23,24)(H,25,27)/b22-10-. The van der Waals surface area contributed by atoms with Crippen molar-refractivity contribution in [1.29, 1.82) is 0 Å². The van der Waals surface area contributed by atoms with Crippen LogP contribution >= 0.6 is 23.4 Å². The van der Waals surface area contributed by atoms with Crippen LogP contribution in [0, 0.1) is 10.1 Å². The summed E-state index contributed by atoms with van der Waals surface area (Å²) in [6.45, 7) is 0. The molecule has 9 nitrogen and oxygen atoms in total. The fourth-order valence-corrected chi connectivity index (χ4v) is 3.61. The number of nitro benzene ring substituents is 1. The number of aromatic amines is 1. The predicted molar refractivity (Wildman–Crippen MR) is 118 cm³/mol. The second-order valence-corrected chi connectivity index (χ2v) is 7.66. The van der Waals surface area contributed by atoms with Gasteiger partial charge < -0.3 is 9.40 Å². The first-order valence-corrected chi connectivity index (χ1v) is 10.3. The average molecular weight is 456 g/mol. The highest BCUT2D eigenvalue weighted by Crippen LogP contribution is 2.33.